The van der Waals surface area contributed by atoms with E-state index in [2.05, 4.69) is 10.4 Å². The van der Waals surface area contributed by atoms with Crippen molar-refractivity contribution in [2.75, 3.05) is 0 Å². The number of hydrogen-bond acceptors (Lipinski definition) is 4. The molecule has 2 fully saturated rings. The Morgan fingerprint density at radius 1 is 1.55 bits per heavy atom. The molecule has 120 valence electrons. The van der Waals surface area contributed by atoms with E-state index in [1.165, 1.54) is 30.1 Å². The highest BCUT2D eigenvalue weighted by Gasteiger charge is 2.42. The second kappa shape index (κ2) is 5.70. The largest absolute Gasteiger partial charge is 0.348 e. The number of nitrogens with one attached hydrogen (secondary N) is 1. The highest BCUT2D eigenvalue weighted by molar-refractivity contribution is 5.96. The van der Waals surface area contributed by atoms with Crippen molar-refractivity contribution in [1.29, 1.82) is 0 Å². The monoisotopic (exact) mass is 306 g/mol. The van der Waals surface area contributed by atoms with Crippen LogP contribution >= 0.6 is 0 Å². The first kappa shape index (κ1) is 15.0. The molecule has 2 aliphatic carbocycles. The zero-order chi connectivity index (χ0) is 15.9. The van der Waals surface area contributed by atoms with E-state index in [4.69, 9.17) is 0 Å². The first-order valence-electron chi connectivity index (χ1n) is 8.02. The Labute approximate surface area is 129 Å². The van der Waals surface area contributed by atoms with Crippen molar-refractivity contribution in [3.63, 3.8) is 0 Å². The van der Waals surface area contributed by atoms with Crippen LogP contribution in [-0.4, -0.2) is 26.7 Å². The Morgan fingerprint density at radius 2 is 2.32 bits per heavy atom. The minimum atomic E-state index is -0.545. The van der Waals surface area contributed by atoms with Crippen molar-refractivity contribution >= 4 is 11.6 Å². The maximum Gasteiger partial charge on any atom is 0.320 e. The van der Waals surface area contributed by atoms with Gasteiger partial charge >= 0.3 is 5.69 Å². The van der Waals surface area contributed by atoms with Crippen molar-refractivity contribution in [2.45, 2.75) is 52.1 Å². The summed E-state index contributed by atoms with van der Waals surface area (Å²) in [5.74, 6) is 1.57. The maximum atomic E-state index is 12.4. The minimum absolute atomic E-state index is 0.0363. The number of carbonyl (C=O) groups excluding carboxylic acids is 1. The van der Waals surface area contributed by atoms with E-state index < -0.39 is 10.8 Å². The molecule has 0 aromatic carbocycles. The quantitative estimate of drug-likeness (QED) is 0.668. The van der Waals surface area contributed by atoms with Crippen LogP contribution in [0.5, 0.6) is 0 Å². The molecule has 1 amide bonds. The van der Waals surface area contributed by atoms with E-state index in [-0.39, 0.29) is 17.4 Å². The molecular weight excluding hydrogens is 284 g/mol. The Balaban J connectivity index is 1.71. The van der Waals surface area contributed by atoms with Crippen LogP contribution in [0.1, 0.15) is 50.0 Å². The third-order valence-corrected chi connectivity index (χ3v) is 5.27. The van der Waals surface area contributed by atoms with Gasteiger partial charge in [-0.3, -0.25) is 19.6 Å². The highest BCUT2D eigenvalue weighted by atomic mass is 16.6. The number of nitro groups is 1. The van der Waals surface area contributed by atoms with Crippen LogP contribution in [0.2, 0.25) is 0 Å². The molecule has 0 saturated heterocycles. The molecule has 0 aliphatic heterocycles. The Morgan fingerprint density at radius 3 is 2.86 bits per heavy atom. The van der Waals surface area contributed by atoms with Gasteiger partial charge in [0.25, 0.3) is 5.91 Å². The van der Waals surface area contributed by atoms with Gasteiger partial charge in [0.15, 0.2) is 0 Å². The van der Waals surface area contributed by atoms with Crippen LogP contribution in [0.4, 0.5) is 5.69 Å². The van der Waals surface area contributed by atoms with E-state index in [1.54, 1.807) is 0 Å². The first-order chi connectivity index (χ1) is 10.5. The number of nitrogens with zero attached hydrogens (tertiary/aromatic N) is 3. The molecule has 7 nitrogen and oxygen atoms in total. The fourth-order valence-electron chi connectivity index (χ4n) is 4.16. The molecule has 2 aliphatic rings. The Bertz CT molecular complexity index is 598. The smallest absolute Gasteiger partial charge is 0.320 e. The molecular formula is C15H22N4O3. The lowest BCUT2D eigenvalue weighted by Crippen LogP contribution is -2.40. The predicted octanol–water partition coefficient (Wildman–Crippen LogP) is 2.37. The van der Waals surface area contributed by atoms with Gasteiger partial charge in [0.2, 0.25) is 5.69 Å². The van der Waals surface area contributed by atoms with Gasteiger partial charge in [0.1, 0.15) is 6.20 Å². The van der Waals surface area contributed by atoms with Crippen LogP contribution in [0.15, 0.2) is 6.20 Å². The number of hydrogen-bond donors (Lipinski definition) is 1. The summed E-state index contributed by atoms with van der Waals surface area (Å²) in [6.45, 7) is 4.33. The third-order valence-electron chi connectivity index (χ3n) is 5.27. The fraction of sp³-hybridized carbons (Fsp3) is 0.733. The summed E-state index contributed by atoms with van der Waals surface area (Å²) in [6.07, 6.45) is 6.32. The van der Waals surface area contributed by atoms with Gasteiger partial charge in [-0.2, -0.15) is 5.10 Å². The minimum Gasteiger partial charge on any atom is -0.348 e. The SMILES string of the molecule is CCn1cc([N+](=O)[O-])c(C(=O)NC(C)C2CC3CCC2C3)n1. The number of aryl methyl sites for hydroxylation is 1. The van der Waals surface area contributed by atoms with Crippen molar-refractivity contribution in [3.8, 4) is 0 Å². The summed E-state index contributed by atoms with van der Waals surface area (Å²) in [7, 11) is 0. The van der Waals surface area contributed by atoms with E-state index in [1.807, 2.05) is 13.8 Å². The van der Waals surface area contributed by atoms with E-state index >= 15 is 0 Å². The lowest BCUT2D eigenvalue weighted by Gasteiger charge is -2.28. The highest BCUT2D eigenvalue weighted by Crippen LogP contribution is 2.49. The van der Waals surface area contributed by atoms with Crippen LogP contribution < -0.4 is 5.32 Å². The fourth-order valence-corrected chi connectivity index (χ4v) is 4.16. The molecule has 1 N–H and O–H groups in total. The van der Waals surface area contributed by atoms with Gasteiger partial charge in [0.05, 0.1) is 4.92 Å². The lowest BCUT2D eigenvalue weighted by molar-refractivity contribution is -0.385. The number of fused-ring (bicyclic) bond motifs is 2. The molecule has 1 heterocycles. The van der Waals surface area contributed by atoms with E-state index in [9.17, 15) is 14.9 Å². The number of aromatic nitrogens is 2. The van der Waals surface area contributed by atoms with Crippen LogP contribution in [0.25, 0.3) is 0 Å². The first-order valence-corrected chi connectivity index (χ1v) is 8.02. The van der Waals surface area contributed by atoms with Gasteiger partial charge in [0, 0.05) is 12.6 Å². The molecule has 0 spiro atoms. The molecule has 4 atom stereocenters. The standard InChI is InChI=1S/C15H22N4O3/c1-3-18-8-13(19(21)22)14(17-18)15(20)16-9(2)12-7-10-4-5-11(12)6-10/h8-12H,3-7H2,1-2H3,(H,16,20). The molecule has 4 unspecified atom stereocenters. The molecule has 2 saturated carbocycles. The summed E-state index contributed by atoms with van der Waals surface area (Å²) >= 11 is 0. The normalized spacial score (nSPS) is 27.8. The van der Waals surface area contributed by atoms with E-state index in [0.717, 1.165) is 12.3 Å². The van der Waals surface area contributed by atoms with Crippen LogP contribution in [-0.2, 0) is 6.54 Å². The summed E-state index contributed by atoms with van der Waals surface area (Å²) in [5.41, 5.74) is -0.304. The topological polar surface area (TPSA) is 90.1 Å². The van der Waals surface area contributed by atoms with Gasteiger partial charge in [-0.15, -0.1) is 0 Å². The van der Waals surface area contributed by atoms with Crippen molar-refractivity contribution < 1.29 is 9.72 Å². The Hall–Kier alpha value is -1.92. The van der Waals surface area contributed by atoms with Crippen LogP contribution in [0.3, 0.4) is 0 Å². The average molecular weight is 306 g/mol. The second-order valence-electron chi connectivity index (χ2n) is 6.58. The van der Waals surface area contributed by atoms with Crippen LogP contribution in [0, 0.1) is 27.9 Å². The second-order valence-corrected chi connectivity index (χ2v) is 6.58. The number of amides is 1. The molecule has 1 aromatic heterocycles. The molecule has 0 radical (unpaired) electrons. The molecule has 3 rings (SSSR count). The Kier molecular flexibility index (Phi) is 3.88. The van der Waals surface area contributed by atoms with Crippen molar-refractivity contribution in [3.05, 3.63) is 22.0 Å². The molecule has 2 bridgehead atoms. The summed E-state index contributed by atoms with van der Waals surface area (Å²) < 4.78 is 1.43. The molecule has 22 heavy (non-hydrogen) atoms. The lowest BCUT2D eigenvalue weighted by atomic mass is 9.84. The predicted molar refractivity (Wildman–Crippen MR) is 80.4 cm³/mol. The third kappa shape index (κ3) is 2.60. The van der Waals surface area contributed by atoms with Gasteiger partial charge in [-0.05, 0) is 50.9 Å². The van der Waals surface area contributed by atoms with Gasteiger partial charge < -0.3 is 5.32 Å². The summed E-state index contributed by atoms with van der Waals surface area (Å²) in [5, 5.41) is 18.1. The maximum absolute atomic E-state index is 12.4. The zero-order valence-corrected chi connectivity index (χ0v) is 13.0. The molecule has 7 heteroatoms. The summed E-state index contributed by atoms with van der Waals surface area (Å²) in [6, 6.07) is 0.0363. The molecule has 1 aromatic rings. The zero-order valence-electron chi connectivity index (χ0n) is 13.0. The number of rotatable bonds is 5. The average Bonchev–Trinajstić information content (AvgIpc) is 3.20. The summed E-state index contributed by atoms with van der Waals surface area (Å²) in [4.78, 5) is 22.9. The van der Waals surface area contributed by atoms with Crippen molar-refractivity contribution in [2.24, 2.45) is 17.8 Å². The van der Waals surface area contributed by atoms with Gasteiger partial charge in [-0.25, -0.2) is 0 Å². The van der Waals surface area contributed by atoms with E-state index in [0.29, 0.717) is 18.4 Å². The number of carbonyl (C=O) groups is 1. The van der Waals surface area contributed by atoms with Crippen molar-refractivity contribution in [1.82, 2.24) is 15.1 Å². The van der Waals surface area contributed by atoms with Gasteiger partial charge in [-0.1, -0.05) is 6.42 Å².